The molecule has 0 spiro atoms. The summed E-state index contributed by atoms with van der Waals surface area (Å²) in [5.74, 6) is 0.115. The molecule has 0 bridgehead atoms. The molecule has 0 radical (unpaired) electrons. The molecule has 1 atom stereocenters. The van der Waals surface area contributed by atoms with Gasteiger partial charge in [0.2, 0.25) is 5.91 Å². The third-order valence-corrected chi connectivity index (χ3v) is 2.24. The Morgan fingerprint density at radius 2 is 2.36 bits per heavy atom. The number of carbonyl (C=O) groups is 2. The summed E-state index contributed by atoms with van der Waals surface area (Å²) in [5.41, 5.74) is 4.88. The maximum atomic E-state index is 11.4. The summed E-state index contributed by atoms with van der Waals surface area (Å²) < 4.78 is 0. The monoisotopic (exact) mass is 200 g/mol. The minimum absolute atomic E-state index is 0.102. The molecule has 0 aromatic carbocycles. The van der Waals surface area contributed by atoms with E-state index < -0.39 is 6.03 Å². The van der Waals surface area contributed by atoms with Crippen molar-refractivity contribution in [2.75, 3.05) is 26.7 Å². The number of rotatable bonds is 4. The van der Waals surface area contributed by atoms with Crippen molar-refractivity contribution in [2.45, 2.75) is 12.5 Å². The highest BCUT2D eigenvalue weighted by atomic mass is 16.2. The lowest BCUT2D eigenvalue weighted by molar-refractivity contribution is -0.128. The van der Waals surface area contributed by atoms with E-state index in [-0.39, 0.29) is 11.9 Å². The second kappa shape index (κ2) is 4.80. The van der Waals surface area contributed by atoms with Crippen LogP contribution in [0.25, 0.3) is 0 Å². The normalized spacial score (nSPS) is 21.4. The molecule has 0 saturated carbocycles. The largest absolute Gasteiger partial charge is 0.352 e. The maximum Gasteiger partial charge on any atom is 0.312 e. The molecule has 6 heteroatoms. The highest BCUT2D eigenvalue weighted by molar-refractivity contribution is 5.83. The van der Waals surface area contributed by atoms with Gasteiger partial charge in [-0.25, -0.2) is 4.79 Å². The molecule has 1 aliphatic rings. The Labute approximate surface area is 82.8 Å². The third-order valence-electron chi connectivity index (χ3n) is 2.24. The van der Waals surface area contributed by atoms with Crippen LogP contribution in [0.5, 0.6) is 0 Å². The number of nitrogens with zero attached hydrogens (tertiary/aromatic N) is 1. The standard InChI is InChI=1S/C8H16N4O2/c1-12-5-2-6(7(12)13)10-3-4-11-8(9)14/h6,10H,2-5H2,1H3,(H3,9,11,14). The smallest absolute Gasteiger partial charge is 0.312 e. The number of nitrogens with one attached hydrogen (secondary N) is 2. The molecule has 14 heavy (non-hydrogen) atoms. The van der Waals surface area contributed by atoms with Crippen molar-refractivity contribution in [3.63, 3.8) is 0 Å². The van der Waals surface area contributed by atoms with Gasteiger partial charge in [-0.1, -0.05) is 0 Å². The zero-order valence-corrected chi connectivity index (χ0v) is 8.25. The molecule has 1 aliphatic heterocycles. The zero-order valence-electron chi connectivity index (χ0n) is 8.25. The number of urea groups is 1. The van der Waals surface area contributed by atoms with Crippen molar-refractivity contribution in [2.24, 2.45) is 5.73 Å². The average Bonchev–Trinajstić information content (AvgIpc) is 2.43. The van der Waals surface area contributed by atoms with Gasteiger partial charge in [0.25, 0.3) is 0 Å². The number of hydrogen-bond donors (Lipinski definition) is 3. The molecule has 1 fully saturated rings. The molecule has 1 saturated heterocycles. The molecule has 3 amide bonds. The van der Waals surface area contributed by atoms with Crippen LogP contribution in [0.1, 0.15) is 6.42 Å². The van der Waals surface area contributed by atoms with Crippen LogP contribution in [0.15, 0.2) is 0 Å². The van der Waals surface area contributed by atoms with Gasteiger partial charge in [0, 0.05) is 26.7 Å². The van der Waals surface area contributed by atoms with E-state index in [2.05, 4.69) is 10.6 Å². The van der Waals surface area contributed by atoms with Gasteiger partial charge in [0.05, 0.1) is 6.04 Å². The van der Waals surface area contributed by atoms with Gasteiger partial charge in [-0.2, -0.15) is 0 Å². The highest BCUT2D eigenvalue weighted by Crippen LogP contribution is 2.07. The van der Waals surface area contributed by atoms with Gasteiger partial charge in [-0.05, 0) is 6.42 Å². The second-order valence-corrected chi connectivity index (χ2v) is 3.35. The van der Waals surface area contributed by atoms with Crippen LogP contribution < -0.4 is 16.4 Å². The molecule has 0 aromatic heterocycles. The van der Waals surface area contributed by atoms with Crippen molar-refractivity contribution in [3.8, 4) is 0 Å². The average molecular weight is 200 g/mol. The van der Waals surface area contributed by atoms with E-state index in [4.69, 9.17) is 5.73 Å². The first-order valence-electron chi connectivity index (χ1n) is 4.63. The third kappa shape index (κ3) is 2.88. The summed E-state index contributed by atoms with van der Waals surface area (Å²) in [6.07, 6.45) is 0.825. The first-order valence-corrected chi connectivity index (χ1v) is 4.63. The van der Waals surface area contributed by atoms with Gasteiger partial charge in [0.15, 0.2) is 0 Å². The van der Waals surface area contributed by atoms with Crippen LogP contribution in [0, 0.1) is 0 Å². The molecule has 6 nitrogen and oxygen atoms in total. The van der Waals surface area contributed by atoms with Gasteiger partial charge in [-0.3, -0.25) is 4.79 Å². The van der Waals surface area contributed by atoms with Gasteiger partial charge in [0.1, 0.15) is 0 Å². The lowest BCUT2D eigenvalue weighted by Crippen LogP contribution is -2.42. The Morgan fingerprint density at radius 3 is 2.86 bits per heavy atom. The Bertz CT molecular complexity index is 231. The quantitative estimate of drug-likeness (QED) is 0.481. The summed E-state index contributed by atoms with van der Waals surface area (Å²) in [4.78, 5) is 23.4. The molecule has 0 aromatic rings. The Kier molecular flexibility index (Phi) is 3.70. The molecular formula is C8H16N4O2. The Balaban J connectivity index is 2.13. The fourth-order valence-electron chi connectivity index (χ4n) is 1.44. The lowest BCUT2D eigenvalue weighted by atomic mass is 10.2. The van der Waals surface area contributed by atoms with Crippen LogP contribution in [0.3, 0.4) is 0 Å². The van der Waals surface area contributed by atoms with E-state index in [9.17, 15) is 9.59 Å². The van der Waals surface area contributed by atoms with Gasteiger partial charge >= 0.3 is 6.03 Å². The number of nitrogens with two attached hydrogens (primary N) is 1. The van der Waals surface area contributed by atoms with Crippen molar-refractivity contribution >= 4 is 11.9 Å². The fraction of sp³-hybridized carbons (Fsp3) is 0.750. The van der Waals surface area contributed by atoms with Gasteiger partial charge in [-0.15, -0.1) is 0 Å². The summed E-state index contributed by atoms with van der Waals surface area (Å²) in [6.45, 7) is 1.80. The van der Waals surface area contributed by atoms with E-state index in [1.807, 2.05) is 0 Å². The number of primary amides is 1. The highest BCUT2D eigenvalue weighted by Gasteiger charge is 2.27. The van der Waals surface area contributed by atoms with Crippen molar-refractivity contribution in [3.05, 3.63) is 0 Å². The maximum absolute atomic E-state index is 11.4. The lowest BCUT2D eigenvalue weighted by Gasteiger charge is -2.11. The zero-order chi connectivity index (χ0) is 10.6. The SMILES string of the molecule is CN1CCC(NCCNC(N)=O)C1=O. The van der Waals surface area contributed by atoms with E-state index in [1.54, 1.807) is 11.9 Å². The number of amides is 3. The Morgan fingerprint density at radius 1 is 1.64 bits per heavy atom. The molecule has 1 unspecified atom stereocenters. The molecule has 80 valence electrons. The van der Waals surface area contributed by atoms with Crippen LogP contribution in [0.4, 0.5) is 4.79 Å². The van der Waals surface area contributed by atoms with Crippen LogP contribution in [-0.2, 0) is 4.79 Å². The first-order chi connectivity index (χ1) is 6.61. The minimum atomic E-state index is -0.540. The minimum Gasteiger partial charge on any atom is -0.352 e. The van der Waals surface area contributed by atoms with E-state index >= 15 is 0 Å². The van der Waals surface area contributed by atoms with E-state index in [0.717, 1.165) is 13.0 Å². The molecule has 4 N–H and O–H groups in total. The summed E-state index contributed by atoms with van der Waals surface area (Å²) in [5, 5.41) is 5.50. The molecule has 1 rings (SSSR count). The summed E-state index contributed by atoms with van der Waals surface area (Å²) in [6, 6.07) is -0.642. The van der Waals surface area contributed by atoms with Crippen molar-refractivity contribution in [1.82, 2.24) is 15.5 Å². The molecule has 1 heterocycles. The fourth-order valence-corrected chi connectivity index (χ4v) is 1.44. The number of likely N-dealkylation sites (tertiary alicyclic amines) is 1. The number of carbonyl (C=O) groups excluding carboxylic acids is 2. The van der Waals surface area contributed by atoms with Crippen LogP contribution in [0.2, 0.25) is 0 Å². The molecular weight excluding hydrogens is 184 g/mol. The van der Waals surface area contributed by atoms with Crippen LogP contribution >= 0.6 is 0 Å². The number of likely N-dealkylation sites (N-methyl/N-ethyl adjacent to an activating group) is 1. The predicted molar refractivity (Wildman–Crippen MR) is 51.6 cm³/mol. The van der Waals surface area contributed by atoms with E-state index in [0.29, 0.717) is 13.1 Å². The second-order valence-electron chi connectivity index (χ2n) is 3.35. The van der Waals surface area contributed by atoms with Gasteiger partial charge < -0.3 is 21.3 Å². The van der Waals surface area contributed by atoms with Crippen LogP contribution in [-0.4, -0.2) is 49.6 Å². The first kappa shape index (κ1) is 10.8. The predicted octanol–water partition coefficient (Wildman–Crippen LogP) is -1.52. The van der Waals surface area contributed by atoms with E-state index in [1.165, 1.54) is 0 Å². The Hall–Kier alpha value is -1.30. The summed E-state index contributed by atoms with van der Waals surface area (Å²) in [7, 11) is 1.78. The summed E-state index contributed by atoms with van der Waals surface area (Å²) >= 11 is 0. The van der Waals surface area contributed by atoms with Crippen molar-refractivity contribution in [1.29, 1.82) is 0 Å². The molecule has 0 aliphatic carbocycles. The number of hydrogen-bond acceptors (Lipinski definition) is 3. The van der Waals surface area contributed by atoms with Crippen molar-refractivity contribution < 1.29 is 9.59 Å². The topological polar surface area (TPSA) is 87.5 Å².